The van der Waals surface area contributed by atoms with E-state index < -0.39 is 0 Å². The molecule has 0 aliphatic heterocycles. The van der Waals surface area contributed by atoms with Crippen molar-refractivity contribution in [2.75, 3.05) is 24.3 Å². The Morgan fingerprint density at radius 1 is 1.42 bits per heavy atom. The summed E-state index contributed by atoms with van der Waals surface area (Å²) in [6.45, 7) is 8.94. The topological polar surface area (TPSA) is 80.4 Å². The van der Waals surface area contributed by atoms with E-state index in [1.54, 1.807) is 6.07 Å². The number of ether oxygens (including phenoxy) is 1. The Bertz CT molecular complexity index is 402. The van der Waals surface area contributed by atoms with E-state index in [4.69, 9.17) is 15.6 Å². The summed E-state index contributed by atoms with van der Waals surface area (Å²) in [5.41, 5.74) is 6.35. The van der Waals surface area contributed by atoms with Crippen LogP contribution in [0.15, 0.2) is 12.1 Å². The summed E-state index contributed by atoms with van der Waals surface area (Å²) in [6, 6.07) is 3.73. The molecule has 1 rings (SSSR count). The summed E-state index contributed by atoms with van der Waals surface area (Å²) in [4.78, 5) is 4.36. The van der Waals surface area contributed by atoms with Crippen LogP contribution in [0.4, 0.5) is 11.5 Å². The van der Waals surface area contributed by atoms with Crippen LogP contribution in [0.5, 0.6) is 5.88 Å². The van der Waals surface area contributed by atoms with Crippen molar-refractivity contribution in [1.29, 1.82) is 0 Å². The molecule has 108 valence electrons. The highest BCUT2D eigenvalue weighted by atomic mass is 16.5. The van der Waals surface area contributed by atoms with Crippen molar-refractivity contribution in [3.8, 4) is 5.88 Å². The molecule has 0 fully saturated rings. The van der Waals surface area contributed by atoms with Crippen LogP contribution in [-0.2, 0) is 0 Å². The normalized spacial score (nSPS) is 13.1. The van der Waals surface area contributed by atoms with Gasteiger partial charge in [-0.2, -0.15) is 4.98 Å². The van der Waals surface area contributed by atoms with Gasteiger partial charge in [0, 0.05) is 12.6 Å². The molecule has 0 radical (unpaired) electrons. The van der Waals surface area contributed by atoms with Crippen LogP contribution >= 0.6 is 0 Å². The quantitative estimate of drug-likeness (QED) is 0.736. The molecule has 0 amide bonds. The standard InChI is InChI=1S/C14H25N3O2/c1-5-19-13-10(15)6-7-12(17-13)16-11(8-9-18)14(2,3)4/h6-7,11,18H,5,8-9,15H2,1-4H3,(H,16,17). The van der Waals surface area contributed by atoms with Gasteiger partial charge in [0.05, 0.1) is 12.3 Å². The summed E-state index contributed by atoms with van der Waals surface area (Å²) >= 11 is 0. The Morgan fingerprint density at radius 2 is 2.11 bits per heavy atom. The lowest BCUT2D eigenvalue weighted by molar-refractivity contribution is 0.235. The van der Waals surface area contributed by atoms with E-state index in [0.717, 1.165) is 0 Å². The number of aromatic nitrogens is 1. The van der Waals surface area contributed by atoms with E-state index in [1.165, 1.54) is 0 Å². The molecule has 19 heavy (non-hydrogen) atoms. The molecule has 1 aromatic heterocycles. The number of nitrogens with one attached hydrogen (secondary N) is 1. The zero-order chi connectivity index (χ0) is 14.5. The molecule has 0 spiro atoms. The molecule has 0 bridgehead atoms. The fraction of sp³-hybridized carbons (Fsp3) is 0.643. The smallest absolute Gasteiger partial charge is 0.239 e. The van der Waals surface area contributed by atoms with Crippen LogP contribution in [0.3, 0.4) is 0 Å². The molecule has 4 N–H and O–H groups in total. The summed E-state index contributed by atoms with van der Waals surface area (Å²) in [7, 11) is 0. The molecule has 5 heteroatoms. The molecule has 1 aromatic rings. The Morgan fingerprint density at radius 3 is 2.63 bits per heavy atom. The zero-order valence-corrected chi connectivity index (χ0v) is 12.2. The lowest BCUT2D eigenvalue weighted by Gasteiger charge is -2.31. The lowest BCUT2D eigenvalue weighted by Crippen LogP contribution is -2.35. The number of nitrogen functional groups attached to an aromatic ring is 1. The largest absolute Gasteiger partial charge is 0.476 e. The van der Waals surface area contributed by atoms with Gasteiger partial charge in [0.1, 0.15) is 5.82 Å². The summed E-state index contributed by atoms with van der Waals surface area (Å²) in [5, 5.41) is 12.5. The first-order chi connectivity index (χ1) is 8.88. The fourth-order valence-electron chi connectivity index (χ4n) is 1.81. The monoisotopic (exact) mass is 267 g/mol. The highest BCUT2D eigenvalue weighted by Gasteiger charge is 2.24. The van der Waals surface area contributed by atoms with E-state index in [9.17, 15) is 0 Å². The molecule has 0 aliphatic carbocycles. The van der Waals surface area contributed by atoms with Gasteiger partial charge in [-0.15, -0.1) is 0 Å². The van der Waals surface area contributed by atoms with Gasteiger partial charge in [0.25, 0.3) is 0 Å². The van der Waals surface area contributed by atoms with Crippen LogP contribution in [0.1, 0.15) is 34.1 Å². The maximum absolute atomic E-state index is 9.16. The van der Waals surface area contributed by atoms with Crippen molar-refractivity contribution in [1.82, 2.24) is 4.98 Å². The van der Waals surface area contributed by atoms with E-state index in [1.807, 2.05) is 13.0 Å². The summed E-state index contributed by atoms with van der Waals surface area (Å²) < 4.78 is 5.38. The number of hydrogen-bond acceptors (Lipinski definition) is 5. The number of pyridine rings is 1. The zero-order valence-electron chi connectivity index (χ0n) is 12.2. The van der Waals surface area contributed by atoms with Crippen LogP contribution in [0.25, 0.3) is 0 Å². The van der Waals surface area contributed by atoms with Gasteiger partial charge in [-0.1, -0.05) is 20.8 Å². The fourth-order valence-corrected chi connectivity index (χ4v) is 1.81. The van der Waals surface area contributed by atoms with Crippen molar-refractivity contribution in [2.24, 2.45) is 5.41 Å². The molecular formula is C14H25N3O2. The summed E-state index contributed by atoms with van der Waals surface area (Å²) in [5.74, 6) is 1.16. The number of aliphatic hydroxyl groups excluding tert-OH is 1. The number of anilines is 2. The SMILES string of the molecule is CCOc1nc(NC(CCO)C(C)(C)C)ccc1N. The van der Waals surface area contributed by atoms with Crippen molar-refractivity contribution < 1.29 is 9.84 Å². The summed E-state index contributed by atoms with van der Waals surface area (Å²) in [6.07, 6.45) is 0.666. The first kappa shape index (κ1) is 15.6. The Labute approximate surface area is 115 Å². The molecule has 5 nitrogen and oxygen atoms in total. The predicted octanol–water partition coefficient (Wildman–Crippen LogP) is 2.27. The number of hydrogen-bond donors (Lipinski definition) is 3. The first-order valence-corrected chi connectivity index (χ1v) is 6.65. The van der Waals surface area contributed by atoms with Gasteiger partial charge < -0.3 is 20.9 Å². The highest BCUT2D eigenvalue weighted by molar-refractivity contribution is 5.53. The van der Waals surface area contributed by atoms with Crippen molar-refractivity contribution >= 4 is 11.5 Å². The number of aliphatic hydroxyl groups is 1. The second-order valence-electron chi connectivity index (χ2n) is 5.60. The first-order valence-electron chi connectivity index (χ1n) is 6.65. The van der Waals surface area contributed by atoms with Gasteiger partial charge in [0.2, 0.25) is 5.88 Å². The molecule has 0 aliphatic rings. The van der Waals surface area contributed by atoms with Gasteiger partial charge in [0.15, 0.2) is 0 Å². The third-order valence-electron chi connectivity index (χ3n) is 2.96. The average Bonchev–Trinajstić information content (AvgIpc) is 2.32. The molecule has 0 saturated carbocycles. The Balaban J connectivity index is 2.87. The van der Waals surface area contributed by atoms with Crippen LogP contribution < -0.4 is 15.8 Å². The third kappa shape index (κ3) is 4.59. The second-order valence-corrected chi connectivity index (χ2v) is 5.60. The number of rotatable bonds is 6. The molecule has 1 atom stereocenters. The van der Waals surface area contributed by atoms with Gasteiger partial charge in [-0.05, 0) is 30.9 Å². The molecule has 0 aromatic carbocycles. The van der Waals surface area contributed by atoms with Crippen LogP contribution in [0.2, 0.25) is 0 Å². The van der Waals surface area contributed by atoms with E-state index in [2.05, 4.69) is 31.1 Å². The van der Waals surface area contributed by atoms with Gasteiger partial charge in [-0.3, -0.25) is 0 Å². The van der Waals surface area contributed by atoms with E-state index >= 15 is 0 Å². The Hall–Kier alpha value is -1.49. The molecule has 0 saturated heterocycles. The minimum Gasteiger partial charge on any atom is -0.476 e. The van der Waals surface area contributed by atoms with E-state index in [0.29, 0.717) is 30.4 Å². The predicted molar refractivity (Wildman–Crippen MR) is 78.4 cm³/mol. The highest BCUT2D eigenvalue weighted by Crippen LogP contribution is 2.27. The maximum Gasteiger partial charge on any atom is 0.239 e. The minimum atomic E-state index is 0.0254. The van der Waals surface area contributed by atoms with Crippen molar-refractivity contribution in [2.45, 2.75) is 40.2 Å². The third-order valence-corrected chi connectivity index (χ3v) is 2.96. The Kier molecular flexibility index (Phi) is 5.42. The average molecular weight is 267 g/mol. The molecular weight excluding hydrogens is 242 g/mol. The maximum atomic E-state index is 9.16. The van der Waals surface area contributed by atoms with Crippen molar-refractivity contribution in [3.05, 3.63) is 12.1 Å². The van der Waals surface area contributed by atoms with Gasteiger partial charge >= 0.3 is 0 Å². The van der Waals surface area contributed by atoms with Crippen molar-refractivity contribution in [3.63, 3.8) is 0 Å². The van der Waals surface area contributed by atoms with E-state index in [-0.39, 0.29) is 18.1 Å². The minimum absolute atomic E-state index is 0.0254. The van der Waals surface area contributed by atoms with Crippen LogP contribution in [-0.4, -0.2) is 29.3 Å². The van der Waals surface area contributed by atoms with Gasteiger partial charge in [-0.25, -0.2) is 0 Å². The second kappa shape index (κ2) is 6.61. The molecule has 1 heterocycles. The molecule has 1 unspecified atom stereocenters. The lowest BCUT2D eigenvalue weighted by atomic mass is 9.85. The number of nitrogens with zero attached hydrogens (tertiary/aromatic N) is 1. The van der Waals surface area contributed by atoms with Crippen LogP contribution in [0, 0.1) is 5.41 Å². The number of nitrogens with two attached hydrogens (primary N) is 1.